The molecule has 8 nitrogen and oxygen atoms in total. The van der Waals surface area contributed by atoms with Crippen molar-refractivity contribution in [3.05, 3.63) is 39.7 Å². The molecule has 3 fully saturated rings. The summed E-state index contributed by atoms with van der Waals surface area (Å²) in [5.74, 6) is 6.30. The molecule has 1 aliphatic heterocycles. The van der Waals surface area contributed by atoms with Crippen LogP contribution in [0.15, 0.2) is 24.4 Å². The molecule has 5 rings (SSSR count). The molecule has 0 N–H and O–H groups in total. The summed E-state index contributed by atoms with van der Waals surface area (Å²) >= 11 is 1.09. The Bertz CT molecular complexity index is 1410. The molecule has 0 unspecified atom stereocenters. The van der Waals surface area contributed by atoms with Gasteiger partial charge in [0, 0.05) is 49.1 Å². The average molecular weight is 642 g/mol. The maximum Gasteiger partial charge on any atom is 1.00 e. The Balaban J connectivity index is 0.00000461. The Morgan fingerprint density at radius 1 is 1.11 bits per heavy atom. The second-order valence-corrected chi connectivity index (χ2v) is 14.8. The summed E-state index contributed by atoms with van der Waals surface area (Å²) in [6.45, 7) is 9.62. The van der Waals surface area contributed by atoms with Crippen LogP contribution in [-0.2, 0) is 16.1 Å². The summed E-state index contributed by atoms with van der Waals surface area (Å²) in [6, 6.07) is 5.47. The third-order valence-electron chi connectivity index (χ3n) is 8.96. The predicted octanol–water partition coefficient (Wildman–Crippen LogP) is 2.58. The summed E-state index contributed by atoms with van der Waals surface area (Å²) in [5, 5.41) is 12.3. The molecule has 0 atom stereocenters. The molecule has 0 radical (unpaired) electrons. The number of aromatic nitrogens is 1. The van der Waals surface area contributed by atoms with Crippen molar-refractivity contribution in [2.45, 2.75) is 111 Å². The molecule has 0 bridgehead atoms. The SMILES string of the molecule is CC1CCC(C(=O)N(c2cc(C#CC(C)(C)C)sc2C(=O)[O-])C2CCC(Oc3ccc(CN4CCCC4=O)cn3)CC2)CC1.[Na+]. The van der Waals surface area contributed by atoms with E-state index in [9.17, 15) is 19.5 Å². The summed E-state index contributed by atoms with van der Waals surface area (Å²) in [4.78, 5) is 47.3. The average Bonchev–Trinajstić information content (AvgIpc) is 3.60. The van der Waals surface area contributed by atoms with Crippen LogP contribution in [0.1, 0.15) is 112 Å². The molecule has 10 heteroatoms. The van der Waals surface area contributed by atoms with Crippen molar-refractivity contribution in [3.63, 3.8) is 0 Å². The van der Waals surface area contributed by atoms with Crippen LogP contribution in [0.25, 0.3) is 0 Å². The monoisotopic (exact) mass is 641 g/mol. The number of carboxylic acid groups (broad SMARTS) is 1. The number of nitrogens with zero attached hydrogens (tertiary/aromatic N) is 3. The van der Waals surface area contributed by atoms with Crippen LogP contribution in [0.3, 0.4) is 0 Å². The number of hydrogen-bond donors (Lipinski definition) is 0. The summed E-state index contributed by atoms with van der Waals surface area (Å²) in [5.41, 5.74) is 1.17. The molecule has 3 heterocycles. The van der Waals surface area contributed by atoms with Crippen molar-refractivity contribution in [2.24, 2.45) is 17.3 Å². The first-order chi connectivity index (χ1) is 21.0. The van der Waals surface area contributed by atoms with E-state index in [4.69, 9.17) is 4.74 Å². The van der Waals surface area contributed by atoms with Crippen LogP contribution in [0.2, 0.25) is 0 Å². The number of ether oxygens (including phenoxy) is 1. The Kier molecular flexibility index (Phi) is 12.2. The molecule has 0 spiro atoms. The van der Waals surface area contributed by atoms with Gasteiger partial charge in [-0.05, 0) is 96.1 Å². The van der Waals surface area contributed by atoms with Crippen LogP contribution in [0.4, 0.5) is 5.69 Å². The molecule has 0 aromatic carbocycles. The molecule has 2 aromatic heterocycles. The van der Waals surface area contributed by atoms with Crippen LogP contribution in [0, 0.1) is 29.1 Å². The molecule has 2 aromatic rings. The van der Waals surface area contributed by atoms with Crippen LogP contribution < -0.4 is 44.3 Å². The number of amides is 2. The molecule has 3 aliphatic rings. The number of carboxylic acids is 1. The second kappa shape index (κ2) is 15.5. The minimum Gasteiger partial charge on any atom is -0.544 e. The van der Waals surface area contributed by atoms with Crippen LogP contribution in [-0.4, -0.2) is 46.4 Å². The van der Waals surface area contributed by atoms with E-state index in [1.165, 1.54) is 0 Å². The molecule has 2 saturated carbocycles. The van der Waals surface area contributed by atoms with Crippen LogP contribution >= 0.6 is 11.3 Å². The van der Waals surface area contributed by atoms with E-state index in [0.717, 1.165) is 68.4 Å². The van der Waals surface area contributed by atoms with Gasteiger partial charge in [0.25, 0.3) is 0 Å². The van der Waals surface area contributed by atoms with Gasteiger partial charge in [-0.2, -0.15) is 0 Å². The van der Waals surface area contributed by atoms with Crippen molar-refractivity contribution in [1.29, 1.82) is 0 Å². The zero-order valence-electron chi connectivity index (χ0n) is 27.4. The van der Waals surface area contributed by atoms with Gasteiger partial charge in [0.05, 0.1) is 21.4 Å². The fraction of sp³-hybridized carbons (Fsp3) is 0.600. The zero-order chi connectivity index (χ0) is 31.4. The zero-order valence-corrected chi connectivity index (χ0v) is 30.2. The first-order valence-corrected chi connectivity index (χ1v) is 16.9. The van der Waals surface area contributed by atoms with E-state index < -0.39 is 5.97 Å². The summed E-state index contributed by atoms with van der Waals surface area (Å²) < 4.78 is 6.24. The van der Waals surface area contributed by atoms with E-state index in [1.54, 1.807) is 17.2 Å². The normalized spacial score (nSPS) is 23.5. The van der Waals surface area contributed by atoms with Crippen molar-refractivity contribution >= 4 is 34.8 Å². The third-order valence-corrected chi connectivity index (χ3v) is 9.98. The first kappa shape index (κ1) is 35.5. The van der Waals surface area contributed by atoms with Gasteiger partial charge in [-0.25, -0.2) is 4.98 Å². The molecule has 2 aliphatic carbocycles. The smallest absolute Gasteiger partial charge is 0.544 e. The molecule has 236 valence electrons. The van der Waals surface area contributed by atoms with Gasteiger partial charge < -0.3 is 24.4 Å². The van der Waals surface area contributed by atoms with Gasteiger partial charge in [-0.3, -0.25) is 9.59 Å². The molecular weight excluding hydrogens is 597 g/mol. The predicted molar refractivity (Wildman–Crippen MR) is 169 cm³/mol. The summed E-state index contributed by atoms with van der Waals surface area (Å²) in [7, 11) is 0. The maximum atomic E-state index is 14.2. The minimum absolute atomic E-state index is 0. The number of thiophene rings is 1. The fourth-order valence-electron chi connectivity index (χ4n) is 6.47. The van der Waals surface area contributed by atoms with Gasteiger partial charge in [0.1, 0.15) is 6.10 Å². The maximum absolute atomic E-state index is 14.2. The van der Waals surface area contributed by atoms with Crippen molar-refractivity contribution in [3.8, 4) is 17.7 Å². The van der Waals surface area contributed by atoms with E-state index in [1.807, 2.05) is 37.8 Å². The van der Waals surface area contributed by atoms with Gasteiger partial charge in [-0.1, -0.05) is 24.8 Å². The molecule has 2 amide bonds. The Morgan fingerprint density at radius 2 is 1.82 bits per heavy atom. The number of carbonyl (C=O) groups is 3. The van der Waals surface area contributed by atoms with Gasteiger partial charge in [0.2, 0.25) is 17.7 Å². The quantitative estimate of drug-likeness (QED) is 0.325. The van der Waals surface area contributed by atoms with Gasteiger partial charge in [0.15, 0.2) is 0 Å². The minimum atomic E-state index is -1.27. The van der Waals surface area contributed by atoms with E-state index >= 15 is 0 Å². The van der Waals surface area contributed by atoms with E-state index in [2.05, 4.69) is 23.7 Å². The van der Waals surface area contributed by atoms with Crippen LogP contribution in [0.5, 0.6) is 5.88 Å². The molecule has 1 saturated heterocycles. The fourth-order valence-corrected chi connectivity index (χ4v) is 7.31. The second-order valence-electron chi connectivity index (χ2n) is 13.7. The molecular formula is C35H44N3NaO5S. The van der Waals surface area contributed by atoms with E-state index in [-0.39, 0.29) is 69.7 Å². The number of hydrogen-bond acceptors (Lipinski definition) is 7. The number of carbonyl (C=O) groups excluding carboxylic acids is 3. The number of pyridine rings is 1. The number of aromatic carboxylic acids is 1. The Labute approximate surface area is 293 Å². The topological polar surface area (TPSA) is 103 Å². The largest absolute Gasteiger partial charge is 1.00 e. The Hall–Kier alpha value is -2.38. The first-order valence-electron chi connectivity index (χ1n) is 16.1. The van der Waals surface area contributed by atoms with Crippen molar-refractivity contribution in [1.82, 2.24) is 9.88 Å². The standard InChI is InChI=1S/C35H45N3O5S.Na/c1-23-7-10-25(11-8-23)33(40)38(29-20-28(17-18-35(2,3)4)44-32(29)34(41)42)26-12-14-27(15-13-26)43-30-16-9-24(21-36-30)22-37-19-5-6-31(37)39;/h9,16,20-21,23,25-27H,5-8,10-15,19,22H2,1-4H3,(H,41,42);/q;+1/p-1. The summed E-state index contributed by atoms with van der Waals surface area (Å²) in [6.07, 6.45) is 9.75. The van der Waals surface area contributed by atoms with E-state index in [0.29, 0.717) is 48.2 Å². The number of anilines is 1. The van der Waals surface area contributed by atoms with Crippen molar-refractivity contribution < 1.29 is 53.8 Å². The third kappa shape index (κ3) is 9.34. The van der Waals surface area contributed by atoms with Gasteiger partial charge >= 0.3 is 29.6 Å². The number of rotatable bonds is 8. The van der Waals surface area contributed by atoms with Crippen molar-refractivity contribution in [2.75, 3.05) is 11.4 Å². The number of likely N-dealkylation sites (tertiary alicyclic amines) is 1. The molecule has 45 heavy (non-hydrogen) atoms. The van der Waals surface area contributed by atoms with Gasteiger partial charge in [-0.15, -0.1) is 11.3 Å². The Morgan fingerprint density at radius 3 is 2.40 bits per heavy atom.